The maximum atomic E-state index is 12.3. The van der Waals surface area contributed by atoms with Crippen molar-refractivity contribution in [1.29, 1.82) is 0 Å². The number of hydrogen-bond acceptors (Lipinski definition) is 3. The summed E-state index contributed by atoms with van der Waals surface area (Å²) in [6, 6.07) is 6.98. The molecular formula is C11H10F3N3O. The molecule has 0 amide bonds. The van der Waals surface area contributed by atoms with Crippen molar-refractivity contribution in [3.8, 4) is 5.75 Å². The molecule has 1 heterocycles. The quantitative estimate of drug-likeness (QED) is 0.847. The fourth-order valence-corrected chi connectivity index (χ4v) is 1.42. The fourth-order valence-electron chi connectivity index (χ4n) is 1.42. The van der Waals surface area contributed by atoms with Gasteiger partial charge in [0.25, 0.3) is 0 Å². The predicted molar refractivity (Wildman–Crippen MR) is 57.1 cm³/mol. The Morgan fingerprint density at radius 1 is 1.22 bits per heavy atom. The summed E-state index contributed by atoms with van der Waals surface area (Å²) in [5.41, 5.74) is -0.176. The van der Waals surface area contributed by atoms with Gasteiger partial charge in [-0.15, -0.1) is 5.10 Å². The fraction of sp³-hybridized carbons (Fsp3) is 0.273. The Balaban J connectivity index is 2.11. The SMILES string of the molecule is COc1ccc(Cn2cc(C(F)(F)F)nn2)cc1. The zero-order chi connectivity index (χ0) is 13.2. The molecule has 0 atom stereocenters. The van der Waals surface area contributed by atoms with Gasteiger partial charge in [-0.2, -0.15) is 13.2 Å². The van der Waals surface area contributed by atoms with Crippen LogP contribution < -0.4 is 4.74 Å². The molecule has 0 saturated heterocycles. The van der Waals surface area contributed by atoms with Crippen molar-refractivity contribution >= 4 is 0 Å². The summed E-state index contributed by atoms with van der Waals surface area (Å²) >= 11 is 0. The smallest absolute Gasteiger partial charge is 0.436 e. The molecule has 0 unspecified atom stereocenters. The number of methoxy groups -OCH3 is 1. The number of ether oxygens (including phenoxy) is 1. The summed E-state index contributed by atoms with van der Waals surface area (Å²) in [7, 11) is 1.54. The molecule has 0 aliphatic heterocycles. The highest BCUT2D eigenvalue weighted by Gasteiger charge is 2.34. The van der Waals surface area contributed by atoms with Gasteiger partial charge in [-0.25, -0.2) is 4.68 Å². The van der Waals surface area contributed by atoms with Crippen LogP contribution in [0.25, 0.3) is 0 Å². The van der Waals surface area contributed by atoms with Crippen LogP contribution in [0.4, 0.5) is 13.2 Å². The highest BCUT2D eigenvalue weighted by molar-refractivity contribution is 5.27. The second-order valence-corrected chi connectivity index (χ2v) is 3.65. The molecule has 4 nitrogen and oxygen atoms in total. The molecule has 1 aromatic carbocycles. The van der Waals surface area contributed by atoms with Gasteiger partial charge in [0.1, 0.15) is 5.75 Å². The molecule has 0 aliphatic carbocycles. The van der Waals surface area contributed by atoms with E-state index >= 15 is 0 Å². The topological polar surface area (TPSA) is 39.9 Å². The van der Waals surface area contributed by atoms with Gasteiger partial charge in [-0.05, 0) is 17.7 Å². The third-order valence-corrected chi connectivity index (χ3v) is 2.33. The molecule has 0 saturated carbocycles. The van der Waals surface area contributed by atoms with E-state index in [0.29, 0.717) is 5.75 Å². The largest absolute Gasteiger partial charge is 0.497 e. The lowest BCUT2D eigenvalue weighted by Gasteiger charge is -2.03. The molecule has 2 aromatic rings. The lowest BCUT2D eigenvalue weighted by molar-refractivity contribution is -0.141. The first-order valence-electron chi connectivity index (χ1n) is 5.09. The highest BCUT2D eigenvalue weighted by atomic mass is 19.4. The van der Waals surface area contributed by atoms with Gasteiger partial charge in [-0.1, -0.05) is 17.3 Å². The van der Waals surface area contributed by atoms with Crippen LogP contribution in [0.1, 0.15) is 11.3 Å². The van der Waals surface area contributed by atoms with E-state index in [4.69, 9.17) is 4.74 Å². The van der Waals surface area contributed by atoms with Crippen molar-refractivity contribution in [1.82, 2.24) is 15.0 Å². The van der Waals surface area contributed by atoms with Gasteiger partial charge in [-0.3, -0.25) is 0 Å². The summed E-state index contributed by atoms with van der Waals surface area (Å²) in [4.78, 5) is 0. The lowest BCUT2D eigenvalue weighted by Crippen LogP contribution is -2.05. The average molecular weight is 257 g/mol. The third kappa shape index (κ3) is 2.79. The second-order valence-electron chi connectivity index (χ2n) is 3.65. The number of rotatable bonds is 3. The van der Waals surface area contributed by atoms with E-state index in [9.17, 15) is 13.2 Å². The Hall–Kier alpha value is -2.05. The number of aromatic nitrogens is 3. The predicted octanol–water partition coefficient (Wildman–Crippen LogP) is 2.35. The summed E-state index contributed by atoms with van der Waals surface area (Å²) in [5.74, 6) is 0.688. The van der Waals surface area contributed by atoms with E-state index in [2.05, 4.69) is 10.3 Å². The maximum absolute atomic E-state index is 12.3. The third-order valence-electron chi connectivity index (χ3n) is 2.33. The van der Waals surface area contributed by atoms with E-state index in [1.807, 2.05) is 0 Å². The van der Waals surface area contributed by atoms with Crippen LogP contribution in [-0.4, -0.2) is 22.1 Å². The van der Waals surface area contributed by atoms with Crippen molar-refractivity contribution in [3.05, 3.63) is 41.7 Å². The minimum Gasteiger partial charge on any atom is -0.497 e. The van der Waals surface area contributed by atoms with Crippen molar-refractivity contribution in [2.24, 2.45) is 0 Å². The standard InChI is InChI=1S/C11H10F3N3O/c1-18-9-4-2-8(3-5-9)6-17-7-10(15-16-17)11(12,13)14/h2-5,7H,6H2,1H3. The molecular weight excluding hydrogens is 247 g/mol. The first-order chi connectivity index (χ1) is 8.49. The van der Waals surface area contributed by atoms with Crippen LogP contribution in [0, 0.1) is 0 Å². The first kappa shape index (κ1) is 12.4. The second kappa shape index (κ2) is 4.67. The van der Waals surface area contributed by atoms with Gasteiger partial charge in [0.2, 0.25) is 0 Å². The Kier molecular flexibility index (Phi) is 3.22. The van der Waals surface area contributed by atoms with Crippen LogP contribution in [0.5, 0.6) is 5.75 Å². The maximum Gasteiger partial charge on any atom is 0.436 e. The molecule has 0 bridgehead atoms. The van der Waals surface area contributed by atoms with Crippen molar-refractivity contribution in [3.63, 3.8) is 0 Å². The zero-order valence-corrected chi connectivity index (χ0v) is 9.48. The van der Waals surface area contributed by atoms with Crippen LogP contribution in [-0.2, 0) is 12.7 Å². The molecule has 18 heavy (non-hydrogen) atoms. The molecule has 7 heteroatoms. The Labute approximate surface area is 101 Å². The monoisotopic (exact) mass is 257 g/mol. The van der Waals surface area contributed by atoms with Crippen LogP contribution in [0.2, 0.25) is 0 Å². The summed E-state index contributed by atoms with van der Waals surface area (Å²) < 4.78 is 43.0. The van der Waals surface area contributed by atoms with Crippen LogP contribution in [0.3, 0.4) is 0 Å². The molecule has 0 radical (unpaired) electrons. The van der Waals surface area contributed by atoms with E-state index in [-0.39, 0.29) is 6.54 Å². The number of hydrogen-bond donors (Lipinski definition) is 0. The van der Waals surface area contributed by atoms with E-state index in [1.54, 1.807) is 31.4 Å². The molecule has 0 spiro atoms. The summed E-state index contributed by atoms with van der Waals surface area (Å²) in [6.07, 6.45) is -3.58. The molecule has 2 rings (SSSR count). The van der Waals surface area contributed by atoms with Crippen LogP contribution in [0.15, 0.2) is 30.5 Å². The molecule has 0 aliphatic rings. The Bertz CT molecular complexity index is 519. The average Bonchev–Trinajstić information content (AvgIpc) is 2.78. The first-order valence-corrected chi connectivity index (χ1v) is 5.09. The molecule has 0 N–H and O–H groups in total. The molecule has 0 fully saturated rings. The number of benzene rings is 1. The Morgan fingerprint density at radius 2 is 1.89 bits per heavy atom. The van der Waals surface area contributed by atoms with Gasteiger partial charge >= 0.3 is 6.18 Å². The normalized spacial score (nSPS) is 11.6. The Morgan fingerprint density at radius 3 is 2.39 bits per heavy atom. The number of nitrogens with zero attached hydrogens (tertiary/aromatic N) is 3. The van der Waals surface area contributed by atoms with E-state index < -0.39 is 11.9 Å². The molecule has 96 valence electrons. The summed E-state index contributed by atoms with van der Waals surface area (Å²) in [6.45, 7) is 0.229. The van der Waals surface area contributed by atoms with E-state index in [1.165, 1.54) is 0 Å². The minimum absolute atomic E-state index is 0.229. The van der Waals surface area contributed by atoms with Crippen LogP contribution >= 0.6 is 0 Å². The summed E-state index contributed by atoms with van der Waals surface area (Å²) in [5, 5.41) is 6.52. The number of halogens is 3. The van der Waals surface area contributed by atoms with E-state index in [0.717, 1.165) is 16.4 Å². The van der Waals surface area contributed by atoms with Gasteiger partial charge in [0.05, 0.1) is 19.9 Å². The van der Waals surface area contributed by atoms with Gasteiger partial charge in [0.15, 0.2) is 5.69 Å². The van der Waals surface area contributed by atoms with Crippen molar-refractivity contribution in [2.75, 3.05) is 7.11 Å². The highest BCUT2D eigenvalue weighted by Crippen LogP contribution is 2.26. The number of alkyl halides is 3. The zero-order valence-electron chi connectivity index (χ0n) is 9.48. The van der Waals surface area contributed by atoms with Gasteiger partial charge < -0.3 is 4.74 Å². The minimum atomic E-state index is -4.46. The molecule has 1 aromatic heterocycles. The van der Waals surface area contributed by atoms with Crippen molar-refractivity contribution in [2.45, 2.75) is 12.7 Å². The van der Waals surface area contributed by atoms with Gasteiger partial charge in [0, 0.05) is 0 Å². The lowest BCUT2D eigenvalue weighted by atomic mass is 10.2. The van der Waals surface area contributed by atoms with Crippen molar-refractivity contribution < 1.29 is 17.9 Å².